The molecule has 8 heteroatoms. The molecule has 1 fully saturated rings. The van der Waals surface area contributed by atoms with Crippen molar-refractivity contribution >= 4 is 35.8 Å². The molecule has 7 nitrogen and oxygen atoms in total. The van der Waals surface area contributed by atoms with Crippen LogP contribution < -0.4 is 10.6 Å². The van der Waals surface area contributed by atoms with Gasteiger partial charge in [0.25, 0.3) is 0 Å². The Labute approximate surface area is 174 Å². The number of nitrogens with zero attached hydrogens (tertiary/aromatic N) is 4. The van der Waals surface area contributed by atoms with Gasteiger partial charge in [0.15, 0.2) is 5.96 Å². The zero-order chi connectivity index (χ0) is 18.6. The third-order valence-electron chi connectivity index (χ3n) is 5.12. The molecule has 1 aromatic heterocycles. The Morgan fingerprint density at radius 1 is 1.35 bits per heavy atom. The van der Waals surface area contributed by atoms with Crippen LogP contribution in [0.4, 0.5) is 0 Å². The molecule has 1 saturated carbocycles. The lowest BCUT2D eigenvalue weighted by atomic mass is 9.85. The monoisotopic (exact) mass is 476 g/mol. The zero-order valence-corrected chi connectivity index (χ0v) is 19.1. The maximum absolute atomic E-state index is 12.2. The van der Waals surface area contributed by atoms with Gasteiger partial charge in [-0.3, -0.25) is 14.5 Å². The van der Waals surface area contributed by atoms with E-state index < -0.39 is 0 Å². The largest absolute Gasteiger partial charge is 0.354 e. The van der Waals surface area contributed by atoms with Crippen LogP contribution in [0.5, 0.6) is 0 Å². The van der Waals surface area contributed by atoms with Gasteiger partial charge in [-0.25, -0.2) is 0 Å². The maximum atomic E-state index is 12.2. The first-order chi connectivity index (χ1) is 11.8. The lowest BCUT2D eigenvalue weighted by Crippen LogP contribution is -2.46. The number of aryl methyl sites for hydroxylation is 2. The molecular formula is C18H33IN6O. The van der Waals surface area contributed by atoms with E-state index >= 15 is 0 Å². The fraction of sp³-hybridized carbons (Fsp3) is 0.722. The van der Waals surface area contributed by atoms with Gasteiger partial charge in [-0.1, -0.05) is 6.42 Å². The van der Waals surface area contributed by atoms with E-state index in [1.807, 2.05) is 32.7 Å². The molecule has 0 bridgehead atoms. The summed E-state index contributed by atoms with van der Waals surface area (Å²) in [6.07, 6.45) is 3.99. The zero-order valence-electron chi connectivity index (χ0n) is 16.8. The third kappa shape index (κ3) is 5.59. The molecular weight excluding hydrogens is 443 g/mol. The SMILES string of the molecule is CN=C(NCc1c(C)nn(C)c1C)NC1CCCC(C(=O)N(C)C)C1.I. The van der Waals surface area contributed by atoms with Gasteiger partial charge in [-0.15, -0.1) is 24.0 Å². The highest BCUT2D eigenvalue weighted by Crippen LogP contribution is 2.25. The summed E-state index contributed by atoms with van der Waals surface area (Å²) in [7, 11) is 7.41. The number of hydrogen-bond acceptors (Lipinski definition) is 3. The molecule has 1 aromatic rings. The van der Waals surface area contributed by atoms with Crippen LogP contribution in [0.2, 0.25) is 0 Å². The number of amides is 1. The summed E-state index contributed by atoms with van der Waals surface area (Å²) < 4.78 is 1.90. The first kappa shape index (κ1) is 22.7. The number of guanidine groups is 1. The van der Waals surface area contributed by atoms with Crippen LogP contribution in [0.15, 0.2) is 4.99 Å². The quantitative estimate of drug-likeness (QED) is 0.396. The summed E-state index contributed by atoms with van der Waals surface area (Å²) in [4.78, 5) is 18.3. The Morgan fingerprint density at radius 3 is 2.58 bits per heavy atom. The van der Waals surface area contributed by atoms with E-state index in [2.05, 4.69) is 27.6 Å². The molecule has 2 unspecified atom stereocenters. The second-order valence-electron chi connectivity index (χ2n) is 7.14. The summed E-state index contributed by atoms with van der Waals surface area (Å²) in [6.45, 7) is 4.79. The van der Waals surface area contributed by atoms with Gasteiger partial charge in [0, 0.05) is 58.0 Å². The average molecular weight is 476 g/mol. The van der Waals surface area contributed by atoms with Crippen LogP contribution in [-0.4, -0.2) is 53.7 Å². The molecule has 0 saturated heterocycles. The van der Waals surface area contributed by atoms with Crippen molar-refractivity contribution in [2.75, 3.05) is 21.1 Å². The van der Waals surface area contributed by atoms with Gasteiger partial charge >= 0.3 is 0 Å². The summed E-state index contributed by atoms with van der Waals surface area (Å²) in [5.74, 6) is 1.13. The van der Waals surface area contributed by atoms with Crippen LogP contribution in [0.1, 0.15) is 42.6 Å². The van der Waals surface area contributed by atoms with Crippen molar-refractivity contribution in [2.24, 2.45) is 18.0 Å². The van der Waals surface area contributed by atoms with Gasteiger partial charge in [-0.2, -0.15) is 5.10 Å². The second-order valence-corrected chi connectivity index (χ2v) is 7.14. The molecule has 2 atom stereocenters. The van der Waals surface area contributed by atoms with E-state index in [-0.39, 0.29) is 41.8 Å². The summed E-state index contributed by atoms with van der Waals surface area (Å²) in [5, 5.41) is 11.3. The number of halogens is 1. The topological polar surface area (TPSA) is 74.5 Å². The summed E-state index contributed by atoms with van der Waals surface area (Å²) in [6, 6.07) is 0.282. The molecule has 1 aliphatic rings. The van der Waals surface area contributed by atoms with Gasteiger partial charge in [0.05, 0.1) is 5.69 Å². The number of rotatable bonds is 4. The van der Waals surface area contributed by atoms with Crippen molar-refractivity contribution in [3.05, 3.63) is 17.0 Å². The van der Waals surface area contributed by atoms with Crippen molar-refractivity contribution in [3.8, 4) is 0 Å². The van der Waals surface area contributed by atoms with Crippen LogP contribution in [0, 0.1) is 19.8 Å². The van der Waals surface area contributed by atoms with Crippen LogP contribution in [-0.2, 0) is 18.4 Å². The van der Waals surface area contributed by atoms with Crippen LogP contribution in [0.3, 0.4) is 0 Å². The fourth-order valence-electron chi connectivity index (χ4n) is 3.54. The summed E-state index contributed by atoms with van der Waals surface area (Å²) in [5.41, 5.74) is 3.40. The first-order valence-electron chi connectivity index (χ1n) is 9.00. The average Bonchev–Trinajstić information content (AvgIpc) is 2.83. The number of carbonyl (C=O) groups is 1. The Kier molecular flexibility index (Phi) is 8.85. The maximum Gasteiger partial charge on any atom is 0.225 e. The number of aliphatic imine (C=N–C) groups is 1. The van der Waals surface area contributed by atoms with E-state index in [0.29, 0.717) is 6.54 Å². The molecule has 0 aliphatic heterocycles. The van der Waals surface area contributed by atoms with Crippen LogP contribution in [0.25, 0.3) is 0 Å². The van der Waals surface area contributed by atoms with Gasteiger partial charge in [0.1, 0.15) is 0 Å². The smallest absolute Gasteiger partial charge is 0.225 e. The van der Waals surface area contributed by atoms with Crippen molar-refractivity contribution in [1.29, 1.82) is 0 Å². The Morgan fingerprint density at radius 2 is 2.04 bits per heavy atom. The highest BCUT2D eigenvalue weighted by atomic mass is 127. The van der Waals surface area contributed by atoms with Crippen molar-refractivity contribution in [1.82, 2.24) is 25.3 Å². The molecule has 2 N–H and O–H groups in total. The molecule has 0 spiro atoms. The standard InChI is InChI=1S/C18H32N6O.HI/c1-12-16(13(2)24(6)22-12)11-20-18(19-3)21-15-9-7-8-14(10-15)17(25)23(4)5;/h14-15H,7-11H2,1-6H3,(H2,19,20,21);1H. The van der Waals surface area contributed by atoms with Crippen molar-refractivity contribution in [2.45, 2.75) is 52.1 Å². The number of carbonyl (C=O) groups excluding carboxylic acids is 1. The fourth-order valence-corrected chi connectivity index (χ4v) is 3.54. The molecule has 1 amide bonds. The second kappa shape index (κ2) is 10.1. The Balaban J connectivity index is 0.00000338. The number of hydrogen-bond donors (Lipinski definition) is 2. The molecule has 148 valence electrons. The first-order valence-corrected chi connectivity index (χ1v) is 9.00. The predicted molar refractivity (Wildman–Crippen MR) is 116 cm³/mol. The van der Waals surface area contributed by atoms with Gasteiger partial charge in [-0.05, 0) is 33.1 Å². The predicted octanol–water partition coefficient (Wildman–Crippen LogP) is 1.97. The highest BCUT2D eigenvalue weighted by molar-refractivity contribution is 14.0. The van der Waals surface area contributed by atoms with Gasteiger partial charge in [0.2, 0.25) is 5.91 Å². The lowest BCUT2D eigenvalue weighted by molar-refractivity contribution is -0.134. The molecule has 1 aliphatic carbocycles. The Hall–Kier alpha value is -1.32. The molecule has 0 aromatic carbocycles. The summed E-state index contributed by atoms with van der Waals surface area (Å²) >= 11 is 0. The molecule has 2 rings (SSSR count). The molecule has 26 heavy (non-hydrogen) atoms. The number of aromatic nitrogens is 2. The van der Waals surface area contributed by atoms with E-state index in [1.54, 1.807) is 11.9 Å². The third-order valence-corrected chi connectivity index (χ3v) is 5.12. The Bertz CT molecular complexity index is 640. The minimum Gasteiger partial charge on any atom is -0.354 e. The minimum absolute atomic E-state index is 0. The van der Waals surface area contributed by atoms with Crippen molar-refractivity contribution in [3.63, 3.8) is 0 Å². The number of nitrogens with one attached hydrogen (secondary N) is 2. The molecule has 0 radical (unpaired) electrons. The van der Waals surface area contributed by atoms with E-state index in [0.717, 1.165) is 43.0 Å². The van der Waals surface area contributed by atoms with E-state index in [1.165, 1.54) is 5.56 Å². The van der Waals surface area contributed by atoms with Gasteiger partial charge < -0.3 is 15.5 Å². The normalized spacial score (nSPS) is 20.3. The van der Waals surface area contributed by atoms with E-state index in [9.17, 15) is 4.79 Å². The highest BCUT2D eigenvalue weighted by Gasteiger charge is 2.28. The minimum atomic E-state index is 0. The molecule has 1 heterocycles. The lowest BCUT2D eigenvalue weighted by Gasteiger charge is -2.31. The van der Waals surface area contributed by atoms with Crippen molar-refractivity contribution < 1.29 is 4.79 Å². The van der Waals surface area contributed by atoms with Crippen LogP contribution >= 0.6 is 24.0 Å². The van der Waals surface area contributed by atoms with E-state index in [4.69, 9.17) is 0 Å².